The Balaban J connectivity index is 1.86. The minimum Gasteiger partial charge on any atom is -0.374 e. The van der Waals surface area contributed by atoms with Crippen molar-refractivity contribution >= 4 is 23.2 Å². The average molecular weight is 563 g/mol. The lowest BCUT2D eigenvalue weighted by Gasteiger charge is -2.21. The Bertz CT molecular complexity index is 1310. The van der Waals surface area contributed by atoms with Gasteiger partial charge in [-0.3, -0.25) is 14.8 Å². The van der Waals surface area contributed by atoms with Crippen LogP contribution in [0.1, 0.15) is 64.9 Å². The van der Waals surface area contributed by atoms with E-state index in [-0.39, 0.29) is 38.5 Å². The molecule has 2 unspecified atom stereocenters. The number of benzene rings is 2. The van der Waals surface area contributed by atoms with Gasteiger partial charge in [-0.2, -0.15) is 31.4 Å². The van der Waals surface area contributed by atoms with Crippen LogP contribution in [-0.2, 0) is 18.9 Å². The molecule has 3 rings (SSSR count). The summed E-state index contributed by atoms with van der Waals surface area (Å²) >= 11 is 6.26. The van der Waals surface area contributed by atoms with Gasteiger partial charge in [-0.25, -0.2) is 0 Å². The number of carbonyl (C=O) groups excluding carboxylic acids is 1. The Hall–Kier alpha value is -3.09. The molecule has 0 saturated carbocycles. The second-order valence-corrected chi connectivity index (χ2v) is 9.16. The summed E-state index contributed by atoms with van der Waals surface area (Å²) in [5.74, 6) is -0.632. The number of halogens is 7. The summed E-state index contributed by atoms with van der Waals surface area (Å²) in [5.41, 5.74) is -1.94. The second-order valence-electron chi connectivity index (χ2n) is 8.75. The van der Waals surface area contributed by atoms with E-state index in [4.69, 9.17) is 11.6 Å². The van der Waals surface area contributed by atoms with Gasteiger partial charge in [0.1, 0.15) is 11.9 Å². The third-order valence-electron chi connectivity index (χ3n) is 5.85. The summed E-state index contributed by atoms with van der Waals surface area (Å²) in [6, 6.07) is 8.75. The van der Waals surface area contributed by atoms with E-state index in [9.17, 15) is 36.2 Å². The molecule has 13 heteroatoms. The van der Waals surface area contributed by atoms with Crippen molar-refractivity contribution in [2.75, 3.05) is 5.32 Å². The lowest BCUT2D eigenvalue weighted by Crippen LogP contribution is -2.31. The van der Waals surface area contributed by atoms with Gasteiger partial charge in [-0.05, 0) is 43.5 Å². The molecular weight excluding hydrogens is 538 g/mol. The Morgan fingerprint density at radius 2 is 1.79 bits per heavy atom. The molecule has 0 radical (unpaired) electrons. The maximum Gasteiger partial charge on any atom is 0.435 e. The minimum absolute atomic E-state index is 0.0342. The number of aromatic nitrogens is 2. The highest BCUT2D eigenvalue weighted by atomic mass is 35.5. The summed E-state index contributed by atoms with van der Waals surface area (Å²) in [4.78, 5) is 13.1. The van der Waals surface area contributed by atoms with Crippen molar-refractivity contribution in [1.29, 1.82) is 0 Å². The zero-order chi connectivity index (χ0) is 28.4. The molecule has 0 aliphatic carbocycles. The summed E-state index contributed by atoms with van der Waals surface area (Å²) in [6.45, 7) is 4.78. The quantitative estimate of drug-likeness (QED) is 0.215. The Labute approximate surface area is 219 Å². The van der Waals surface area contributed by atoms with Crippen molar-refractivity contribution in [3.8, 4) is 0 Å². The van der Waals surface area contributed by atoms with Crippen LogP contribution in [0.3, 0.4) is 0 Å². The predicted molar refractivity (Wildman–Crippen MR) is 130 cm³/mol. The molecule has 3 N–H and O–H groups in total. The van der Waals surface area contributed by atoms with Gasteiger partial charge in [0.15, 0.2) is 5.69 Å². The molecule has 0 bridgehead atoms. The first-order chi connectivity index (χ1) is 17.6. The summed E-state index contributed by atoms with van der Waals surface area (Å²) in [5, 5.41) is 19.4. The molecule has 6 nitrogen and oxygen atoms in total. The van der Waals surface area contributed by atoms with Gasteiger partial charge in [-0.15, -0.1) is 0 Å². The van der Waals surface area contributed by atoms with Crippen LogP contribution >= 0.6 is 11.6 Å². The SMILES string of the molecule is CCC(C)NC(O)c1cccc(Cl)c1C(=O)Nc1ccc(Cn2nc(C(F)(F)F)cc2C(F)(F)F)cc1C. The van der Waals surface area contributed by atoms with Crippen LogP contribution in [0.5, 0.6) is 0 Å². The molecule has 0 spiro atoms. The smallest absolute Gasteiger partial charge is 0.374 e. The molecule has 0 aliphatic rings. The fourth-order valence-corrected chi connectivity index (χ4v) is 3.98. The first-order valence-electron chi connectivity index (χ1n) is 11.5. The molecule has 2 aromatic carbocycles. The van der Waals surface area contributed by atoms with Gasteiger partial charge in [-0.1, -0.05) is 42.8 Å². The summed E-state index contributed by atoms with van der Waals surface area (Å²) in [7, 11) is 0. The fourth-order valence-electron chi connectivity index (χ4n) is 3.71. The minimum atomic E-state index is -5.04. The van der Waals surface area contributed by atoms with Crippen LogP contribution in [0.15, 0.2) is 42.5 Å². The van der Waals surface area contributed by atoms with E-state index in [0.717, 1.165) is 6.42 Å². The first kappa shape index (κ1) is 29.5. The number of aliphatic hydroxyl groups excluding tert-OH is 1. The van der Waals surface area contributed by atoms with Gasteiger partial charge in [0, 0.05) is 23.4 Å². The van der Waals surface area contributed by atoms with E-state index in [2.05, 4.69) is 15.7 Å². The van der Waals surface area contributed by atoms with E-state index in [0.29, 0.717) is 11.3 Å². The van der Waals surface area contributed by atoms with Crippen molar-refractivity contribution in [2.24, 2.45) is 0 Å². The van der Waals surface area contributed by atoms with E-state index in [1.54, 1.807) is 19.1 Å². The molecule has 1 aromatic heterocycles. The van der Waals surface area contributed by atoms with E-state index in [1.165, 1.54) is 24.3 Å². The molecule has 206 valence electrons. The maximum absolute atomic E-state index is 13.3. The van der Waals surface area contributed by atoms with Gasteiger partial charge >= 0.3 is 12.4 Å². The van der Waals surface area contributed by atoms with Gasteiger partial charge in [0.05, 0.1) is 17.1 Å². The van der Waals surface area contributed by atoms with Gasteiger partial charge in [0.25, 0.3) is 5.91 Å². The number of amides is 1. The number of nitrogens with one attached hydrogen (secondary N) is 2. The van der Waals surface area contributed by atoms with Crippen LogP contribution in [-0.4, -0.2) is 26.8 Å². The zero-order valence-electron chi connectivity index (χ0n) is 20.5. The number of hydrogen-bond acceptors (Lipinski definition) is 4. The predicted octanol–water partition coefficient (Wildman–Crippen LogP) is 6.56. The van der Waals surface area contributed by atoms with Crippen molar-refractivity contribution in [2.45, 2.75) is 58.4 Å². The second kappa shape index (κ2) is 11.3. The molecule has 3 aromatic rings. The Kier molecular flexibility index (Phi) is 8.79. The van der Waals surface area contributed by atoms with E-state index >= 15 is 0 Å². The number of alkyl halides is 6. The number of rotatable bonds is 8. The van der Waals surface area contributed by atoms with E-state index < -0.39 is 42.4 Å². The van der Waals surface area contributed by atoms with E-state index in [1.807, 2.05) is 13.8 Å². The highest BCUT2D eigenvalue weighted by Crippen LogP contribution is 2.35. The summed E-state index contributed by atoms with van der Waals surface area (Å²) in [6.07, 6.45) is -10.5. The van der Waals surface area contributed by atoms with Crippen molar-refractivity contribution in [3.63, 3.8) is 0 Å². The number of nitrogens with zero attached hydrogens (tertiary/aromatic N) is 2. The number of hydrogen-bond donors (Lipinski definition) is 3. The number of anilines is 1. The molecule has 0 aliphatic heterocycles. The van der Waals surface area contributed by atoms with Crippen LogP contribution in [0.4, 0.5) is 32.0 Å². The van der Waals surface area contributed by atoms with Gasteiger partial charge in [0.2, 0.25) is 0 Å². The number of carbonyl (C=O) groups is 1. The molecule has 1 heterocycles. The Morgan fingerprint density at radius 1 is 1.11 bits per heavy atom. The molecule has 0 saturated heterocycles. The average Bonchev–Trinajstić information content (AvgIpc) is 3.25. The van der Waals surface area contributed by atoms with Crippen LogP contribution in [0.2, 0.25) is 5.02 Å². The normalized spacial score (nSPS) is 13.9. The van der Waals surface area contributed by atoms with Crippen LogP contribution in [0.25, 0.3) is 0 Å². The van der Waals surface area contributed by atoms with Crippen LogP contribution < -0.4 is 10.6 Å². The zero-order valence-corrected chi connectivity index (χ0v) is 21.3. The van der Waals surface area contributed by atoms with Crippen molar-refractivity contribution < 1.29 is 36.2 Å². The van der Waals surface area contributed by atoms with Gasteiger partial charge < -0.3 is 10.4 Å². The maximum atomic E-state index is 13.3. The third-order valence-corrected chi connectivity index (χ3v) is 6.17. The van der Waals surface area contributed by atoms with Crippen molar-refractivity contribution in [3.05, 3.63) is 81.1 Å². The van der Waals surface area contributed by atoms with Crippen LogP contribution in [0, 0.1) is 6.92 Å². The first-order valence-corrected chi connectivity index (χ1v) is 11.8. The number of aliphatic hydroxyl groups is 1. The molecule has 2 atom stereocenters. The molecule has 38 heavy (non-hydrogen) atoms. The lowest BCUT2D eigenvalue weighted by molar-refractivity contribution is -0.144. The highest BCUT2D eigenvalue weighted by molar-refractivity contribution is 6.34. The standard InChI is InChI=1S/C25H25ClF6N4O2/c1-4-14(3)33-22(37)16-6-5-7-17(26)21(16)23(38)34-18-9-8-15(10-13(18)2)12-36-20(25(30,31)32)11-19(35-36)24(27,28)29/h5-11,14,22,33,37H,4,12H2,1-3H3,(H,34,38). The number of aryl methyl sites for hydroxylation is 1. The Morgan fingerprint density at radius 3 is 2.37 bits per heavy atom. The lowest BCUT2D eigenvalue weighted by atomic mass is 10.0. The fraction of sp³-hybridized carbons (Fsp3) is 0.360. The largest absolute Gasteiger partial charge is 0.435 e. The monoisotopic (exact) mass is 562 g/mol. The molecule has 0 fully saturated rings. The van der Waals surface area contributed by atoms with Crippen molar-refractivity contribution in [1.82, 2.24) is 15.1 Å². The summed E-state index contributed by atoms with van der Waals surface area (Å²) < 4.78 is 79.0. The topological polar surface area (TPSA) is 79.2 Å². The molecular formula is C25H25ClF6N4O2. The third kappa shape index (κ3) is 6.86. The molecule has 1 amide bonds. The highest BCUT2D eigenvalue weighted by Gasteiger charge is 2.41.